The first-order chi connectivity index (χ1) is 11.8. The predicted octanol–water partition coefficient (Wildman–Crippen LogP) is 5.48. The molecule has 0 saturated heterocycles. The molecular weight excluding hydrogens is 298 g/mol. The van der Waals surface area contributed by atoms with Crippen LogP contribution < -0.4 is 5.32 Å². The zero-order valence-corrected chi connectivity index (χ0v) is 13.6. The molecule has 4 heteroatoms. The summed E-state index contributed by atoms with van der Waals surface area (Å²) in [5, 5.41) is 11.5. The lowest BCUT2D eigenvalue weighted by molar-refractivity contribution is -0.121. The van der Waals surface area contributed by atoms with E-state index in [2.05, 4.69) is 15.5 Å². The van der Waals surface area contributed by atoms with Crippen LogP contribution >= 0.6 is 0 Å². The number of amides is 1. The standard InChI is InChI=1S/C20H21N3O/c24-20(19-13-14-6-7-15(19)12-14)21-16-8-10-18(11-9-16)23-22-17-4-2-1-3-5-17/h1-5,8-11,14-15,19H,6-7,12-13H2,(H,21,24). The fourth-order valence-corrected chi connectivity index (χ4v) is 4.02. The second kappa shape index (κ2) is 6.56. The molecule has 4 nitrogen and oxygen atoms in total. The molecule has 3 unspecified atom stereocenters. The summed E-state index contributed by atoms with van der Waals surface area (Å²) in [5.41, 5.74) is 2.43. The summed E-state index contributed by atoms with van der Waals surface area (Å²) in [6.45, 7) is 0. The summed E-state index contributed by atoms with van der Waals surface area (Å²) < 4.78 is 0. The van der Waals surface area contributed by atoms with Crippen molar-refractivity contribution in [1.82, 2.24) is 0 Å². The number of fused-ring (bicyclic) bond motifs is 2. The van der Waals surface area contributed by atoms with E-state index in [9.17, 15) is 4.79 Å². The third-order valence-corrected chi connectivity index (χ3v) is 5.25. The summed E-state index contributed by atoms with van der Waals surface area (Å²) in [4.78, 5) is 12.4. The van der Waals surface area contributed by atoms with Crippen molar-refractivity contribution in [3.8, 4) is 0 Å². The Morgan fingerprint density at radius 3 is 2.21 bits per heavy atom. The number of rotatable bonds is 4. The van der Waals surface area contributed by atoms with Crippen molar-refractivity contribution in [1.29, 1.82) is 0 Å². The molecule has 0 radical (unpaired) electrons. The molecule has 1 N–H and O–H groups in total. The van der Waals surface area contributed by atoms with Gasteiger partial charge in [-0.15, -0.1) is 0 Å². The monoisotopic (exact) mass is 319 g/mol. The van der Waals surface area contributed by atoms with Crippen molar-refractivity contribution in [2.24, 2.45) is 28.0 Å². The van der Waals surface area contributed by atoms with Gasteiger partial charge in [-0.25, -0.2) is 0 Å². The van der Waals surface area contributed by atoms with Gasteiger partial charge in [0.1, 0.15) is 0 Å². The first-order valence-corrected chi connectivity index (χ1v) is 8.65. The number of nitrogens with zero attached hydrogens (tertiary/aromatic N) is 2. The highest BCUT2D eigenvalue weighted by Gasteiger charge is 2.42. The summed E-state index contributed by atoms with van der Waals surface area (Å²) in [5.74, 6) is 1.78. The minimum atomic E-state index is 0.181. The molecule has 2 aliphatic rings. The Hall–Kier alpha value is -2.49. The zero-order valence-electron chi connectivity index (χ0n) is 13.6. The number of nitrogens with one attached hydrogen (secondary N) is 1. The van der Waals surface area contributed by atoms with Crippen LogP contribution in [0.4, 0.5) is 17.1 Å². The van der Waals surface area contributed by atoms with E-state index in [1.807, 2.05) is 54.6 Å². The number of carbonyl (C=O) groups excluding carboxylic acids is 1. The fraction of sp³-hybridized carbons (Fsp3) is 0.350. The van der Waals surface area contributed by atoms with Gasteiger partial charge in [-0.2, -0.15) is 10.2 Å². The molecule has 24 heavy (non-hydrogen) atoms. The molecule has 0 aliphatic heterocycles. The molecule has 2 bridgehead atoms. The van der Waals surface area contributed by atoms with Crippen LogP contribution in [-0.2, 0) is 4.79 Å². The maximum atomic E-state index is 12.4. The normalized spacial score (nSPS) is 25.2. The number of anilines is 1. The van der Waals surface area contributed by atoms with Crippen LogP contribution in [0.25, 0.3) is 0 Å². The summed E-state index contributed by atoms with van der Waals surface area (Å²) in [6, 6.07) is 17.2. The molecule has 2 aromatic rings. The Labute approximate surface area is 142 Å². The van der Waals surface area contributed by atoms with E-state index in [1.54, 1.807) is 0 Å². The van der Waals surface area contributed by atoms with Gasteiger partial charge in [0, 0.05) is 11.6 Å². The van der Waals surface area contributed by atoms with E-state index >= 15 is 0 Å². The van der Waals surface area contributed by atoms with Crippen LogP contribution in [0.5, 0.6) is 0 Å². The maximum Gasteiger partial charge on any atom is 0.227 e. The van der Waals surface area contributed by atoms with E-state index in [1.165, 1.54) is 19.3 Å². The van der Waals surface area contributed by atoms with Crippen LogP contribution in [0.15, 0.2) is 64.8 Å². The third-order valence-electron chi connectivity index (χ3n) is 5.25. The van der Waals surface area contributed by atoms with Gasteiger partial charge >= 0.3 is 0 Å². The summed E-state index contributed by atoms with van der Waals surface area (Å²) >= 11 is 0. The Morgan fingerprint density at radius 1 is 0.875 bits per heavy atom. The third kappa shape index (κ3) is 3.23. The molecule has 0 spiro atoms. The first kappa shape index (κ1) is 15.1. The topological polar surface area (TPSA) is 53.8 Å². The Kier molecular flexibility index (Phi) is 4.11. The Morgan fingerprint density at radius 2 is 1.58 bits per heavy atom. The molecule has 2 fully saturated rings. The number of azo groups is 1. The van der Waals surface area contributed by atoms with E-state index < -0.39 is 0 Å². The molecule has 4 rings (SSSR count). The highest BCUT2D eigenvalue weighted by Crippen LogP contribution is 2.48. The van der Waals surface area contributed by atoms with Crippen LogP contribution in [0, 0.1) is 17.8 Å². The molecule has 2 saturated carbocycles. The molecule has 0 aromatic heterocycles. The summed E-state index contributed by atoms with van der Waals surface area (Å²) in [6.07, 6.45) is 4.86. The average Bonchev–Trinajstić information content (AvgIpc) is 3.25. The second-order valence-corrected chi connectivity index (χ2v) is 6.85. The van der Waals surface area contributed by atoms with Gasteiger partial charge < -0.3 is 5.32 Å². The van der Waals surface area contributed by atoms with Crippen LogP contribution in [-0.4, -0.2) is 5.91 Å². The Balaban J connectivity index is 1.37. The number of carbonyl (C=O) groups is 1. The van der Waals surface area contributed by atoms with Crippen molar-refractivity contribution < 1.29 is 4.79 Å². The first-order valence-electron chi connectivity index (χ1n) is 8.65. The molecule has 2 aromatic carbocycles. The fourth-order valence-electron chi connectivity index (χ4n) is 4.02. The van der Waals surface area contributed by atoms with Crippen molar-refractivity contribution in [3.05, 3.63) is 54.6 Å². The second-order valence-electron chi connectivity index (χ2n) is 6.85. The molecule has 2 aliphatic carbocycles. The lowest BCUT2D eigenvalue weighted by Crippen LogP contribution is -2.27. The molecular formula is C20H21N3O. The van der Waals surface area contributed by atoms with Gasteiger partial charge in [-0.3, -0.25) is 4.79 Å². The van der Waals surface area contributed by atoms with Crippen LogP contribution in [0.3, 0.4) is 0 Å². The zero-order chi connectivity index (χ0) is 16.4. The van der Waals surface area contributed by atoms with Gasteiger partial charge in [-0.05, 0) is 67.5 Å². The van der Waals surface area contributed by atoms with Crippen LogP contribution in [0.2, 0.25) is 0 Å². The van der Waals surface area contributed by atoms with Gasteiger partial charge in [0.05, 0.1) is 11.4 Å². The van der Waals surface area contributed by atoms with Gasteiger partial charge in [-0.1, -0.05) is 24.6 Å². The molecule has 1 amide bonds. The SMILES string of the molecule is O=C(Nc1ccc(N=Nc2ccccc2)cc1)C1CC2CCC1C2. The van der Waals surface area contributed by atoms with E-state index in [0.717, 1.165) is 29.4 Å². The minimum Gasteiger partial charge on any atom is -0.326 e. The predicted molar refractivity (Wildman–Crippen MR) is 94.6 cm³/mol. The van der Waals surface area contributed by atoms with Crippen molar-refractivity contribution >= 4 is 23.0 Å². The summed E-state index contributed by atoms with van der Waals surface area (Å²) in [7, 11) is 0. The van der Waals surface area contributed by atoms with Gasteiger partial charge in [0.25, 0.3) is 0 Å². The van der Waals surface area contributed by atoms with Gasteiger partial charge in [0.2, 0.25) is 5.91 Å². The number of benzene rings is 2. The van der Waals surface area contributed by atoms with E-state index in [-0.39, 0.29) is 11.8 Å². The van der Waals surface area contributed by atoms with Crippen molar-refractivity contribution in [2.45, 2.75) is 25.7 Å². The highest BCUT2D eigenvalue weighted by atomic mass is 16.1. The number of hydrogen-bond acceptors (Lipinski definition) is 3. The number of hydrogen-bond donors (Lipinski definition) is 1. The van der Waals surface area contributed by atoms with E-state index in [4.69, 9.17) is 0 Å². The lowest BCUT2D eigenvalue weighted by Gasteiger charge is -2.20. The van der Waals surface area contributed by atoms with Crippen molar-refractivity contribution in [2.75, 3.05) is 5.32 Å². The molecule has 122 valence electrons. The Bertz CT molecular complexity index is 739. The van der Waals surface area contributed by atoms with Crippen LogP contribution in [0.1, 0.15) is 25.7 Å². The van der Waals surface area contributed by atoms with Crippen molar-refractivity contribution in [3.63, 3.8) is 0 Å². The molecule has 3 atom stereocenters. The quantitative estimate of drug-likeness (QED) is 0.746. The largest absolute Gasteiger partial charge is 0.326 e. The maximum absolute atomic E-state index is 12.4. The highest BCUT2D eigenvalue weighted by molar-refractivity contribution is 5.93. The smallest absolute Gasteiger partial charge is 0.227 e. The van der Waals surface area contributed by atoms with Gasteiger partial charge in [0.15, 0.2) is 0 Å². The molecule has 0 heterocycles. The minimum absolute atomic E-state index is 0.181. The lowest BCUT2D eigenvalue weighted by atomic mass is 9.88. The van der Waals surface area contributed by atoms with E-state index in [0.29, 0.717) is 5.92 Å². The average molecular weight is 319 g/mol.